The average Bonchev–Trinajstić information content (AvgIpc) is 2.23. The summed E-state index contributed by atoms with van der Waals surface area (Å²) < 4.78 is 92.1. The lowest BCUT2D eigenvalue weighted by Crippen LogP contribution is -2.63. The Labute approximate surface area is 113 Å². The fourth-order valence-electron chi connectivity index (χ4n) is 1.05. The van der Waals surface area contributed by atoms with Gasteiger partial charge in [-0.05, 0) is 13.8 Å². The second kappa shape index (κ2) is 5.53. The number of carbonyl (C=O) groups excluding carboxylic acids is 1. The number of rotatable bonds is 5. The average molecular weight is 326 g/mol. The fourth-order valence-corrected chi connectivity index (χ4v) is 1.05. The van der Waals surface area contributed by atoms with E-state index < -0.39 is 35.6 Å². The van der Waals surface area contributed by atoms with E-state index in [1.165, 1.54) is 0 Å². The highest BCUT2D eigenvalue weighted by Gasteiger charge is 2.78. The van der Waals surface area contributed by atoms with E-state index >= 15 is 0 Å². The van der Waals surface area contributed by atoms with Gasteiger partial charge in [0.25, 0.3) is 0 Å². The number of alkyl halides is 7. The molecule has 0 amide bonds. The van der Waals surface area contributed by atoms with Crippen LogP contribution in [0.4, 0.5) is 30.7 Å². The van der Waals surface area contributed by atoms with E-state index in [0.717, 1.165) is 0 Å². The van der Waals surface area contributed by atoms with Crippen LogP contribution in [0.15, 0.2) is 12.2 Å². The van der Waals surface area contributed by atoms with Crippen molar-refractivity contribution in [1.82, 2.24) is 0 Å². The Balaban J connectivity index is 5.40. The molecule has 0 saturated heterocycles. The third-order valence-corrected chi connectivity index (χ3v) is 2.22. The monoisotopic (exact) mass is 326 g/mol. The zero-order valence-electron chi connectivity index (χ0n) is 10.5. The zero-order chi connectivity index (χ0) is 17.3. The molecule has 122 valence electrons. The summed E-state index contributed by atoms with van der Waals surface area (Å²) in [5, 5.41) is 8.14. The first-order valence-electron chi connectivity index (χ1n) is 5.02. The van der Waals surface area contributed by atoms with Gasteiger partial charge in [-0.3, -0.25) is 0 Å². The van der Waals surface area contributed by atoms with Gasteiger partial charge in [-0.2, -0.15) is 30.7 Å². The lowest BCUT2D eigenvalue weighted by atomic mass is 9.94. The van der Waals surface area contributed by atoms with Crippen molar-refractivity contribution in [1.29, 1.82) is 0 Å². The van der Waals surface area contributed by atoms with E-state index in [-0.39, 0.29) is 26.0 Å². The van der Waals surface area contributed by atoms with Crippen molar-refractivity contribution in [2.75, 3.05) is 0 Å². The van der Waals surface area contributed by atoms with E-state index in [0.29, 0.717) is 0 Å². The molecule has 0 saturated carbocycles. The van der Waals surface area contributed by atoms with E-state index in [1.807, 2.05) is 0 Å². The lowest BCUT2D eigenvalue weighted by molar-refractivity contribution is -0.383. The molecule has 0 fully saturated rings. The van der Waals surface area contributed by atoms with Crippen LogP contribution in [0, 0.1) is 0 Å². The van der Waals surface area contributed by atoms with Crippen LogP contribution in [-0.4, -0.2) is 40.7 Å². The largest absolute Gasteiger partial charge is 0.478 e. The molecule has 0 radical (unpaired) electrons. The van der Waals surface area contributed by atoms with Crippen molar-refractivity contribution in [3.05, 3.63) is 12.2 Å². The molecule has 0 rings (SSSR count). The van der Waals surface area contributed by atoms with Crippen LogP contribution in [0.1, 0.15) is 13.8 Å². The van der Waals surface area contributed by atoms with Gasteiger partial charge in [-0.15, -0.1) is 0 Å². The van der Waals surface area contributed by atoms with E-state index in [1.54, 1.807) is 0 Å². The number of carbonyl (C=O) groups is 2. The topological polar surface area (TPSA) is 63.6 Å². The van der Waals surface area contributed by atoms with Gasteiger partial charge in [0.15, 0.2) is 5.60 Å². The Bertz CT molecular complexity index is 451. The highest BCUT2D eigenvalue weighted by molar-refractivity contribution is 5.90. The summed E-state index contributed by atoms with van der Waals surface area (Å²) in [5.74, 6) is -15.7. The van der Waals surface area contributed by atoms with Gasteiger partial charge in [0.05, 0.1) is 0 Å². The Morgan fingerprint density at radius 1 is 0.905 bits per heavy atom. The number of aliphatic carboxylic acids is 1. The minimum atomic E-state index is -6.57. The van der Waals surface area contributed by atoms with Gasteiger partial charge in [0.1, 0.15) is 0 Å². The van der Waals surface area contributed by atoms with Gasteiger partial charge >= 0.3 is 30.0 Å². The van der Waals surface area contributed by atoms with Crippen molar-refractivity contribution in [3.63, 3.8) is 0 Å². The molecule has 11 heteroatoms. The van der Waals surface area contributed by atoms with Crippen LogP contribution < -0.4 is 0 Å². The van der Waals surface area contributed by atoms with Gasteiger partial charge in [0.2, 0.25) is 0 Å². The molecule has 0 heterocycles. The number of hydrogen-bond acceptors (Lipinski definition) is 3. The number of halogens is 7. The summed E-state index contributed by atoms with van der Waals surface area (Å²) in [6.07, 6.45) is -6.35. The lowest BCUT2D eigenvalue weighted by Gasteiger charge is -2.38. The van der Waals surface area contributed by atoms with Gasteiger partial charge < -0.3 is 9.84 Å². The Morgan fingerprint density at radius 3 is 1.67 bits per heavy atom. The van der Waals surface area contributed by atoms with Crippen LogP contribution in [0.2, 0.25) is 0 Å². The standard InChI is InChI=1S/C10H9F7O4/c1-7(2,21-6(20)4-3-5(18)19)8(11,12)9(13,14)10(15,16)17/h3-4H,1-2H3,(H,18,19). The number of ether oxygens (including phenoxy) is 1. The molecule has 0 atom stereocenters. The van der Waals surface area contributed by atoms with E-state index in [4.69, 9.17) is 5.11 Å². The Morgan fingerprint density at radius 2 is 1.33 bits per heavy atom. The molecule has 0 spiro atoms. The highest BCUT2D eigenvalue weighted by atomic mass is 19.4. The molecular weight excluding hydrogens is 317 g/mol. The molecule has 4 nitrogen and oxygen atoms in total. The SMILES string of the molecule is CC(C)(OC(=O)C=CC(=O)O)C(F)(F)C(F)(F)C(F)(F)F. The molecule has 0 aliphatic rings. The molecule has 1 N–H and O–H groups in total. The minimum Gasteiger partial charge on any atom is -0.478 e. The summed E-state index contributed by atoms with van der Waals surface area (Å²) in [4.78, 5) is 21.0. The molecule has 0 aromatic heterocycles. The van der Waals surface area contributed by atoms with Crippen molar-refractivity contribution in [2.45, 2.75) is 37.5 Å². The first-order valence-corrected chi connectivity index (χ1v) is 5.02. The van der Waals surface area contributed by atoms with Crippen molar-refractivity contribution >= 4 is 11.9 Å². The molecule has 0 aromatic carbocycles. The predicted molar refractivity (Wildman–Crippen MR) is 52.9 cm³/mol. The molecule has 0 aliphatic carbocycles. The van der Waals surface area contributed by atoms with Crippen molar-refractivity contribution in [2.24, 2.45) is 0 Å². The zero-order valence-corrected chi connectivity index (χ0v) is 10.5. The van der Waals surface area contributed by atoms with Crippen LogP contribution in [0.25, 0.3) is 0 Å². The molecule has 21 heavy (non-hydrogen) atoms. The first-order chi connectivity index (χ1) is 9.06. The Hall–Kier alpha value is -1.81. The molecule has 0 aromatic rings. The molecule has 0 aliphatic heterocycles. The second-order valence-electron chi connectivity index (χ2n) is 4.25. The van der Waals surface area contributed by atoms with Crippen LogP contribution in [-0.2, 0) is 14.3 Å². The summed E-state index contributed by atoms with van der Waals surface area (Å²) in [6, 6.07) is 0. The maximum Gasteiger partial charge on any atom is 0.460 e. The second-order valence-corrected chi connectivity index (χ2v) is 4.25. The number of carboxylic acid groups (broad SMARTS) is 1. The van der Waals surface area contributed by atoms with Gasteiger partial charge in [-0.25, -0.2) is 9.59 Å². The molecule has 0 bridgehead atoms. The van der Waals surface area contributed by atoms with Crippen molar-refractivity contribution in [3.8, 4) is 0 Å². The normalized spacial score (nSPS) is 14.3. The van der Waals surface area contributed by atoms with E-state index in [9.17, 15) is 40.3 Å². The van der Waals surface area contributed by atoms with Gasteiger partial charge in [-0.1, -0.05) is 0 Å². The van der Waals surface area contributed by atoms with Crippen LogP contribution in [0.5, 0.6) is 0 Å². The number of esters is 1. The number of carboxylic acids is 1. The molecule has 0 unspecified atom stereocenters. The summed E-state index contributed by atoms with van der Waals surface area (Å²) >= 11 is 0. The summed E-state index contributed by atoms with van der Waals surface area (Å²) in [6.45, 7) is 0.276. The first kappa shape index (κ1) is 19.2. The highest BCUT2D eigenvalue weighted by Crippen LogP contribution is 2.52. The smallest absolute Gasteiger partial charge is 0.460 e. The van der Waals surface area contributed by atoms with Crippen molar-refractivity contribution < 1.29 is 50.2 Å². The maximum atomic E-state index is 13.3. The third kappa shape index (κ3) is 3.85. The minimum absolute atomic E-state index is 0.0892. The van der Waals surface area contributed by atoms with Gasteiger partial charge in [0, 0.05) is 12.2 Å². The third-order valence-electron chi connectivity index (χ3n) is 2.22. The number of hydrogen-bond donors (Lipinski definition) is 1. The summed E-state index contributed by atoms with van der Waals surface area (Å²) in [7, 11) is 0. The summed E-state index contributed by atoms with van der Waals surface area (Å²) in [5.41, 5.74) is -3.55. The molecular formula is C10H9F7O4. The Kier molecular flexibility index (Phi) is 5.05. The fraction of sp³-hybridized carbons (Fsp3) is 0.600. The van der Waals surface area contributed by atoms with Crippen LogP contribution >= 0.6 is 0 Å². The van der Waals surface area contributed by atoms with E-state index in [2.05, 4.69) is 4.74 Å². The quantitative estimate of drug-likeness (QED) is 0.479. The van der Waals surface area contributed by atoms with Crippen LogP contribution in [0.3, 0.4) is 0 Å². The predicted octanol–water partition coefficient (Wildman–Crippen LogP) is 2.78. The maximum absolute atomic E-state index is 13.3.